The first-order valence-electron chi connectivity index (χ1n) is 4.75. The van der Waals surface area contributed by atoms with Crippen molar-refractivity contribution in [2.24, 2.45) is 5.73 Å². The number of rotatable bonds is 4. The highest BCUT2D eigenvalue weighted by atomic mass is 35.5. The van der Waals surface area contributed by atoms with Crippen LogP contribution in [0, 0.1) is 0 Å². The normalized spacial score (nSPS) is 12.2. The Kier molecular flexibility index (Phi) is 5.02. The third-order valence-electron chi connectivity index (χ3n) is 2.07. The van der Waals surface area contributed by atoms with E-state index < -0.39 is 6.04 Å². The zero-order chi connectivity index (χ0) is 11.5. The summed E-state index contributed by atoms with van der Waals surface area (Å²) in [7, 11) is 0. The molecule has 1 heterocycles. The number of ether oxygens (including phenoxy) is 1. The molecule has 1 unspecified atom stereocenters. The molecule has 94 valence electrons. The Hall–Kier alpha value is -1.01. The molecule has 2 aromatic rings. The van der Waals surface area contributed by atoms with Gasteiger partial charge in [0.2, 0.25) is 0 Å². The largest absolute Gasteiger partial charge is 0.473 e. The van der Waals surface area contributed by atoms with Gasteiger partial charge < -0.3 is 20.1 Å². The van der Waals surface area contributed by atoms with Crippen LogP contribution in [0.3, 0.4) is 0 Å². The fraction of sp³-hybridized carbons (Fsp3) is 0.300. The molecule has 0 saturated heterocycles. The quantitative estimate of drug-likeness (QED) is 0.888. The van der Waals surface area contributed by atoms with E-state index in [1.54, 1.807) is 18.2 Å². The van der Waals surface area contributed by atoms with Crippen molar-refractivity contribution >= 4 is 35.0 Å². The van der Waals surface area contributed by atoms with E-state index in [1.807, 2.05) is 0 Å². The second-order valence-electron chi connectivity index (χ2n) is 3.38. The highest BCUT2D eigenvalue weighted by Crippen LogP contribution is 2.27. The van der Waals surface area contributed by atoms with E-state index in [9.17, 15) is 0 Å². The molecule has 1 aromatic heterocycles. The van der Waals surface area contributed by atoms with Gasteiger partial charge in [0.25, 0.3) is 5.88 Å². The first-order valence-corrected chi connectivity index (χ1v) is 5.12. The standard InChI is InChI=1S/C10H11ClN2O3.ClH/c11-6-1-2-9-8(3-6)10(13-16-9)15-5-7(12)4-14;/h1-3,7,14H,4-5,12H2;1H. The van der Waals surface area contributed by atoms with Gasteiger partial charge in [0.05, 0.1) is 18.0 Å². The molecule has 17 heavy (non-hydrogen) atoms. The van der Waals surface area contributed by atoms with Crippen LogP contribution in [0.15, 0.2) is 22.7 Å². The molecule has 5 nitrogen and oxygen atoms in total. The van der Waals surface area contributed by atoms with Crippen molar-refractivity contribution in [1.29, 1.82) is 0 Å². The number of aliphatic hydroxyl groups excluding tert-OH is 1. The van der Waals surface area contributed by atoms with Crippen molar-refractivity contribution in [3.63, 3.8) is 0 Å². The van der Waals surface area contributed by atoms with Crippen LogP contribution in [0.2, 0.25) is 5.02 Å². The van der Waals surface area contributed by atoms with Gasteiger partial charge in [-0.2, -0.15) is 0 Å². The lowest BCUT2D eigenvalue weighted by Crippen LogP contribution is -2.31. The maximum Gasteiger partial charge on any atom is 0.262 e. The Balaban J connectivity index is 0.00000144. The summed E-state index contributed by atoms with van der Waals surface area (Å²) in [6.07, 6.45) is 0. The van der Waals surface area contributed by atoms with E-state index in [0.717, 1.165) is 0 Å². The van der Waals surface area contributed by atoms with E-state index in [1.165, 1.54) is 0 Å². The average molecular weight is 279 g/mol. The number of aliphatic hydroxyl groups is 1. The van der Waals surface area contributed by atoms with Crippen molar-refractivity contribution in [3.8, 4) is 5.88 Å². The number of aromatic nitrogens is 1. The van der Waals surface area contributed by atoms with E-state index in [-0.39, 0.29) is 25.6 Å². The maximum atomic E-state index is 8.75. The molecular formula is C10H12Cl2N2O3. The average Bonchev–Trinajstić information content (AvgIpc) is 2.68. The van der Waals surface area contributed by atoms with Crippen molar-refractivity contribution < 1.29 is 14.4 Å². The number of fused-ring (bicyclic) bond motifs is 1. The summed E-state index contributed by atoms with van der Waals surface area (Å²) in [6.45, 7) is 0.0290. The van der Waals surface area contributed by atoms with Crippen LogP contribution >= 0.6 is 24.0 Å². The number of nitrogens with two attached hydrogens (primary N) is 1. The number of halogens is 2. The van der Waals surface area contributed by atoms with Crippen LogP contribution < -0.4 is 10.5 Å². The van der Waals surface area contributed by atoms with Crippen LogP contribution in [-0.4, -0.2) is 29.5 Å². The molecule has 3 N–H and O–H groups in total. The zero-order valence-electron chi connectivity index (χ0n) is 8.80. The van der Waals surface area contributed by atoms with Crippen molar-refractivity contribution in [3.05, 3.63) is 23.2 Å². The molecule has 0 aliphatic carbocycles. The number of benzene rings is 1. The minimum atomic E-state index is -0.439. The van der Waals surface area contributed by atoms with Crippen LogP contribution in [-0.2, 0) is 0 Å². The topological polar surface area (TPSA) is 81.5 Å². The molecule has 0 saturated carbocycles. The molecule has 0 bridgehead atoms. The smallest absolute Gasteiger partial charge is 0.262 e. The highest BCUT2D eigenvalue weighted by molar-refractivity contribution is 6.31. The van der Waals surface area contributed by atoms with E-state index in [2.05, 4.69) is 5.16 Å². The second kappa shape index (κ2) is 6.07. The first kappa shape index (κ1) is 14.1. The molecule has 0 amide bonds. The Morgan fingerprint density at radius 3 is 3.00 bits per heavy atom. The SMILES string of the molecule is Cl.NC(CO)COc1noc2ccc(Cl)cc12. The molecular weight excluding hydrogens is 267 g/mol. The van der Waals surface area contributed by atoms with Crippen LogP contribution in [0.4, 0.5) is 0 Å². The molecule has 0 aliphatic rings. The van der Waals surface area contributed by atoms with Gasteiger partial charge in [0, 0.05) is 5.02 Å². The van der Waals surface area contributed by atoms with Crippen molar-refractivity contribution in [2.45, 2.75) is 6.04 Å². The summed E-state index contributed by atoms with van der Waals surface area (Å²) < 4.78 is 10.4. The summed E-state index contributed by atoms with van der Waals surface area (Å²) in [5, 5.41) is 13.8. The number of hydrogen-bond donors (Lipinski definition) is 2. The fourth-order valence-electron chi connectivity index (χ4n) is 1.23. The summed E-state index contributed by atoms with van der Waals surface area (Å²) in [5.74, 6) is 0.335. The van der Waals surface area contributed by atoms with Gasteiger partial charge in [-0.15, -0.1) is 12.4 Å². The van der Waals surface area contributed by atoms with Crippen LogP contribution in [0.5, 0.6) is 5.88 Å². The molecule has 0 spiro atoms. The number of nitrogens with zero attached hydrogens (tertiary/aromatic N) is 1. The van der Waals surface area contributed by atoms with Gasteiger partial charge in [-0.25, -0.2) is 0 Å². The third-order valence-corrected chi connectivity index (χ3v) is 2.30. The Bertz CT molecular complexity index is 489. The summed E-state index contributed by atoms with van der Waals surface area (Å²) in [6, 6.07) is 4.68. The summed E-state index contributed by atoms with van der Waals surface area (Å²) in [4.78, 5) is 0. The maximum absolute atomic E-state index is 8.75. The van der Waals surface area contributed by atoms with Crippen LogP contribution in [0.1, 0.15) is 0 Å². The van der Waals surface area contributed by atoms with Crippen LogP contribution in [0.25, 0.3) is 11.0 Å². The monoisotopic (exact) mass is 278 g/mol. The predicted molar refractivity (Wildman–Crippen MR) is 66.8 cm³/mol. The molecule has 0 aliphatic heterocycles. The fourth-order valence-corrected chi connectivity index (χ4v) is 1.40. The van der Waals surface area contributed by atoms with Gasteiger partial charge in [0.15, 0.2) is 5.58 Å². The molecule has 0 fully saturated rings. The van der Waals surface area contributed by atoms with Gasteiger partial charge >= 0.3 is 0 Å². The van der Waals surface area contributed by atoms with Crippen molar-refractivity contribution in [2.75, 3.05) is 13.2 Å². The van der Waals surface area contributed by atoms with E-state index >= 15 is 0 Å². The predicted octanol–water partition coefficient (Wildman–Crippen LogP) is 1.60. The Labute approximate surface area is 109 Å². The minimum absolute atomic E-state index is 0. The van der Waals surface area contributed by atoms with E-state index in [0.29, 0.717) is 21.9 Å². The van der Waals surface area contributed by atoms with Gasteiger partial charge in [0.1, 0.15) is 6.61 Å². The zero-order valence-corrected chi connectivity index (χ0v) is 10.4. The Morgan fingerprint density at radius 2 is 2.29 bits per heavy atom. The lowest BCUT2D eigenvalue weighted by Gasteiger charge is -2.07. The Morgan fingerprint density at radius 1 is 1.53 bits per heavy atom. The molecule has 1 aromatic carbocycles. The molecule has 7 heteroatoms. The molecule has 0 radical (unpaired) electrons. The van der Waals surface area contributed by atoms with Gasteiger partial charge in [-0.1, -0.05) is 11.6 Å². The van der Waals surface area contributed by atoms with Gasteiger partial charge in [-0.3, -0.25) is 0 Å². The molecule has 2 rings (SSSR count). The van der Waals surface area contributed by atoms with Gasteiger partial charge in [-0.05, 0) is 23.4 Å². The highest BCUT2D eigenvalue weighted by Gasteiger charge is 2.11. The number of hydrogen-bond acceptors (Lipinski definition) is 5. The summed E-state index contributed by atoms with van der Waals surface area (Å²) >= 11 is 5.85. The van der Waals surface area contributed by atoms with Crippen molar-refractivity contribution in [1.82, 2.24) is 5.16 Å². The lowest BCUT2D eigenvalue weighted by molar-refractivity contribution is 0.198. The molecule has 1 atom stereocenters. The lowest BCUT2D eigenvalue weighted by atomic mass is 10.2. The minimum Gasteiger partial charge on any atom is -0.473 e. The van der Waals surface area contributed by atoms with E-state index in [4.69, 9.17) is 31.7 Å². The summed E-state index contributed by atoms with van der Waals surface area (Å²) in [5.41, 5.74) is 6.10. The first-order chi connectivity index (χ1) is 7.70. The second-order valence-corrected chi connectivity index (χ2v) is 3.82. The third kappa shape index (κ3) is 3.23.